The minimum atomic E-state index is -0.290. The van der Waals surface area contributed by atoms with Gasteiger partial charge in [-0.15, -0.1) is 0 Å². The molecule has 1 aliphatic rings. The molecule has 1 atom stereocenters. The van der Waals surface area contributed by atoms with Crippen LogP contribution in [0.5, 0.6) is 28.7 Å². The van der Waals surface area contributed by atoms with Gasteiger partial charge in [0.25, 0.3) is 0 Å². The quantitative estimate of drug-likeness (QED) is 0.296. The number of aromatic hydroxyl groups is 3. The first-order valence-electron chi connectivity index (χ1n) is 10.1. The van der Waals surface area contributed by atoms with Crippen molar-refractivity contribution in [3.8, 4) is 28.7 Å². The van der Waals surface area contributed by atoms with Crippen molar-refractivity contribution in [3.63, 3.8) is 0 Å². The Balaban J connectivity index is 1.76. The summed E-state index contributed by atoms with van der Waals surface area (Å²) in [6.07, 6.45) is 0. The van der Waals surface area contributed by atoms with E-state index in [0.29, 0.717) is 0 Å². The Labute approximate surface area is 178 Å². The highest BCUT2D eigenvalue weighted by Crippen LogP contribution is 2.53. The van der Waals surface area contributed by atoms with Crippen LogP contribution in [0.3, 0.4) is 0 Å². The SMILES string of the molecule is Oc1ccc2c(C3c4ccccc4Oc4ccc5cc(O)ccc5c43)c(O)ccc2c1. The van der Waals surface area contributed by atoms with Crippen LogP contribution in [0.15, 0.2) is 84.9 Å². The first-order valence-corrected chi connectivity index (χ1v) is 10.1. The molecule has 4 heteroatoms. The molecule has 0 saturated carbocycles. The summed E-state index contributed by atoms with van der Waals surface area (Å²) in [5.41, 5.74) is 2.65. The molecule has 0 saturated heterocycles. The van der Waals surface area contributed by atoms with Gasteiger partial charge in [-0.25, -0.2) is 0 Å². The van der Waals surface area contributed by atoms with E-state index in [1.807, 2.05) is 48.5 Å². The number of phenols is 3. The maximum absolute atomic E-state index is 11.1. The van der Waals surface area contributed by atoms with E-state index < -0.39 is 0 Å². The third-order valence-electron chi connectivity index (χ3n) is 6.05. The van der Waals surface area contributed by atoms with Crippen molar-refractivity contribution in [1.29, 1.82) is 0 Å². The molecule has 0 radical (unpaired) electrons. The Kier molecular flexibility index (Phi) is 3.65. The highest BCUT2D eigenvalue weighted by atomic mass is 16.5. The average Bonchev–Trinajstić information content (AvgIpc) is 2.77. The van der Waals surface area contributed by atoms with E-state index in [2.05, 4.69) is 0 Å². The zero-order valence-corrected chi connectivity index (χ0v) is 16.4. The van der Waals surface area contributed by atoms with Gasteiger partial charge in [0.05, 0.1) is 0 Å². The number of fused-ring (bicyclic) bond motifs is 5. The average molecular weight is 406 g/mol. The number of hydrogen-bond acceptors (Lipinski definition) is 4. The van der Waals surface area contributed by atoms with Crippen molar-refractivity contribution in [2.24, 2.45) is 0 Å². The lowest BCUT2D eigenvalue weighted by Gasteiger charge is -2.31. The summed E-state index contributed by atoms with van der Waals surface area (Å²) in [5, 5.41) is 34.6. The molecule has 3 N–H and O–H groups in total. The van der Waals surface area contributed by atoms with Gasteiger partial charge in [-0.3, -0.25) is 0 Å². The molecule has 0 bridgehead atoms. The van der Waals surface area contributed by atoms with Crippen LogP contribution in [0.1, 0.15) is 22.6 Å². The molecule has 1 unspecified atom stereocenters. The third kappa shape index (κ3) is 2.62. The highest BCUT2D eigenvalue weighted by molar-refractivity contribution is 5.95. The van der Waals surface area contributed by atoms with Crippen molar-refractivity contribution in [2.75, 3.05) is 0 Å². The molecule has 0 aliphatic carbocycles. The van der Waals surface area contributed by atoms with Gasteiger partial charge in [0.2, 0.25) is 0 Å². The number of para-hydroxylation sites is 1. The number of phenolic OH excluding ortho intramolecular Hbond substituents is 3. The van der Waals surface area contributed by atoms with Crippen molar-refractivity contribution >= 4 is 21.5 Å². The summed E-state index contributed by atoms with van der Waals surface area (Å²) in [6.45, 7) is 0. The Morgan fingerprint density at radius 3 is 1.97 bits per heavy atom. The normalized spacial score (nSPS) is 14.8. The number of ether oxygens (including phenoxy) is 1. The van der Waals surface area contributed by atoms with Crippen LogP contribution >= 0.6 is 0 Å². The Morgan fingerprint density at radius 2 is 1.23 bits per heavy atom. The summed E-state index contributed by atoms with van der Waals surface area (Å²) in [7, 11) is 0. The standard InChI is InChI=1S/C27H18O4/c28-17-7-9-19-15(13-17)5-11-22(30)25(19)27-21-3-1-2-4-23(21)31-24-12-6-16-14-18(29)8-10-20(16)26(24)27/h1-14,27-30H. The first-order chi connectivity index (χ1) is 15.1. The maximum atomic E-state index is 11.1. The monoisotopic (exact) mass is 406 g/mol. The molecule has 0 aromatic heterocycles. The predicted octanol–water partition coefficient (Wildman–Crippen LogP) is 6.40. The molecular formula is C27H18O4. The van der Waals surface area contributed by atoms with E-state index in [1.54, 1.807) is 36.4 Å². The predicted molar refractivity (Wildman–Crippen MR) is 120 cm³/mol. The van der Waals surface area contributed by atoms with Crippen LogP contribution in [0.25, 0.3) is 21.5 Å². The lowest BCUT2D eigenvalue weighted by atomic mass is 9.78. The van der Waals surface area contributed by atoms with Crippen LogP contribution in [-0.2, 0) is 0 Å². The Morgan fingerprint density at radius 1 is 0.581 bits per heavy atom. The Bertz CT molecular complexity index is 1450. The molecule has 1 heterocycles. The molecule has 150 valence electrons. The summed E-state index contributed by atoms with van der Waals surface area (Å²) < 4.78 is 6.25. The van der Waals surface area contributed by atoms with Gasteiger partial charge in [-0.2, -0.15) is 0 Å². The zero-order chi connectivity index (χ0) is 21.1. The van der Waals surface area contributed by atoms with E-state index in [4.69, 9.17) is 4.74 Å². The second kappa shape index (κ2) is 6.41. The van der Waals surface area contributed by atoms with E-state index in [1.165, 1.54) is 0 Å². The van der Waals surface area contributed by atoms with E-state index in [-0.39, 0.29) is 23.2 Å². The van der Waals surface area contributed by atoms with Crippen molar-refractivity contribution in [2.45, 2.75) is 5.92 Å². The van der Waals surface area contributed by atoms with Crippen molar-refractivity contribution < 1.29 is 20.1 Å². The van der Waals surface area contributed by atoms with Crippen LogP contribution in [0.2, 0.25) is 0 Å². The van der Waals surface area contributed by atoms with Crippen LogP contribution in [0.4, 0.5) is 0 Å². The van der Waals surface area contributed by atoms with Gasteiger partial charge in [0, 0.05) is 22.6 Å². The van der Waals surface area contributed by atoms with Crippen LogP contribution < -0.4 is 4.74 Å². The van der Waals surface area contributed by atoms with Gasteiger partial charge in [-0.1, -0.05) is 42.5 Å². The van der Waals surface area contributed by atoms with E-state index in [0.717, 1.165) is 49.7 Å². The van der Waals surface area contributed by atoms with E-state index >= 15 is 0 Å². The third-order valence-corrected chi connectivity index (χ3v) is 6.05. The molecule has 6 rings (SSSR count). The van der Waals surface area contributed by atoms with Crippen LogP contribution in [0, 0.1) is 0 Å². The molecule has 0 fully saturated rings. The van der Waals surface area contributed by atoms with Gasteiger partial charge in [0.15, 0.2) is 0 Å². The first kappa shape index (κ1) is 17.7. The lowest BCUT2D eigenvalue weighted by Crippen LogP contribution is -2.13. The van der Waals surface area contributed by atoms with Gasteiger partial charge < -0.3 is 20.1 Å². The summed E-state index contributed by atoms with van der Waals surface area (Å²) in [5.74, 6) is 1.73. The molecule has 0 amide bonds. The molecular weight excluding hydrogens is 388 g/mol. The minimum absolute atomic E-state index is 0.179. The van der Waals surface area contributed by atoms with E-state index in [9.17, 15) is 15.3 Å². The molecule has 5 aromatic rings. The topological polar surface area (TPSA) is 69.9 Å². The maximum Gasteiger partial charge on any atom is 0.132 e. The minimum Gasteiger partial charge on any atom is -0.508 e. The number of rotatable bonds is 1. The van der Waals surface area contributed by atoms with Crippen LogP contribution in [-0.4, -0.2) is 15.3 Å². The van der Waals surface area contributed by atoms with Gasteiger partial charge >= 0.3 is 0 Å². The fraction of sp³-hybridized carbons (Fsp3) is 0.0370. The fourth-order valence-electron chi connectivity index (χ4n) is 4.73. The summed E-state index contributed by atoms with van der Waals surface area (Å²) >= 11 is 0. The molecule has 1 aliphatic heterocycles. The summed E-state index contributed by atoms with van der Waals surface area (Å²) in [4.78, 5) is 0. The summed E-state index contributed by atoms with van der Waals surface area (Å²) in [6, 6.07) is 25.6. The van der Waals surface area contributed by atoms with Crippen molar-refractivity contribution in [3.05, 3.63) is 102 Å². The Hall–Kier alpha value is -4.18. The largest absolute Gasteiger partial charge is 0.508 e. The highest BCUT2D eigenvalue weighted by Gasteiger charge is 2.33. The molecule has 4 nitrogen and oxygen atoms in total. The number of hydrogen-bond donors (Lipinski definition) is 3. The van der Waals surface area contributed by atoms with Crippen molar-refractivity contribution in [1.82, 2.24) is 0 Å². The lowest BCUT2D eigenvalue weighted by molar-refractivity contribution is 0.445. The zero-order valence-electron chi connectivity index (χ0n) is 16.4. The molecule has 0 spiro atoms. The molecule has 31 heavy (non-hydrogen) atoms. The smallest absolute Gasteiger partial charge is 0.132 e. The van der Waals surface area contributed by atoms with Gasteiger partial charge in [-0.05, 0) is 64.0 Å². The second-order valence-corrected chi connectivity index (χ2v) is 7.86. The number of benzene rings is 5. The fourth-order valence-corrected chi connectivity index (χ4v) is 4.73. The van der Waals surface area contributed by atoms with Gasteiger partial charge in [0.1, 0.15) is 28.7 Å². The molecule has 5 aromatic carbocycles. The second-order valence-electron chi connectivity index (χ2n) is 7.86.